The van der Waals surface area contributed by atoms with Gasteiger partial charge in [0.15, 0.2) is 0 Å². The molecule has 4 aromatic rings. The number of fused-ring (bicyclic) bond motifs is 1. The van der Waals surface area contributed by atoms with Crippen LogP contribution in [0.4, 0.5) is 5.69 Å². The van der Waals surface area contributed by atoms with Crippen molar-refractivity contribution in [3.05, 3.63) is 89.7 Å². The lowest BCUT2D eigenvalue weighted by atomic mass is 9.96. The fraction of sp³-hybridized carbons (Fsp3) is 0.286. The molecule has 3 aromatic carbocycles. The molecule has 33 heavy (non-hydrogen) atoms. The topological polar surface area (TPSA) is 46.9 Å². The SMILES string of the molecule is CSc1cccc(NC(=O)Cn2c(C(C)c3ccc(CC(C)C)cc3)nc3ccccc32)c1. The molecule has 0 fully saturated rings. The molecule has 1 amide bonds. The van der Waals surface area contributed by atoms with Gasteiger partial charge in [0.25, 0.3) is 0 Å². The largest absolute Gasteiger partial charge is 0.324 e. The lowest BCUT2D eigenvalue weighted by Gasteiger charge is -2.16. The summed E-state index contributed by atoms with van der Waals surface area (Å²) in [6.07, 6.45) is 3.10. The Labute approximate surface area is 200 Å². The van der Waals surface area contributed by atoms with E-state index in [1.165, 1.54) is 11.1 Å². The van der Waals surface area contributed by atoms with Crippen LogP contribution in [0, 0.1) is 5.92 Å². The Bertz CT molecular complexity index is 1240. The molecule has 0 spiro atoms. The van der Waals surface area contributed by atoms with Crippen LogP contribution in [-0.2, 0) is 17.8 Å². The van der Waals surface area contributed by atoms with Gasteiger partial charge in [0.05, 0.1) is 11.0 Å². The van der Waals surface area contributed by atoms with Gasteiger partial charge < -0.3 is 9.88 Å². The molecule has 5 heteroatoms. The smallest absolute Gasteiger partial charge is 0.244 e. The summed E-state index contributed by atoms with van der Waals surface area (Å²) in [5, 5.41) is 3.05. The van der Waals surface area contributed by atoms with Gasteiger partial charge in [0.2, 0.25) is 5.91 Å². The molecule has 0 aliphatic rings. The van der Waals surface area contributed by atoms with Crippen LogP contribution < -0.4 is 5.32 Å². The average Bonchev–Trinajstić information content (AvgIpc) is 3.17. The van der Waals surface area contributed by atoms with E-state index >= 15 is 0 Å². The number of anilines is 1. The number of imidazole rings is 1. The number of nitrogens with zero attached hydrogens (tertiary/aromatic N) is 2. The third-order valence-corrected chi connectivity index (χ3v) is 6.58. The van der Waals surface area contributed by atoms with Crippen molar-refractivity contribution in [3.8, 4) is 0 Å². The molecular formula is C28H31N3OS. The minimum atomic E-state index is -0.0582. The van der Waals surface area contributed by atoms with E-state index in [-0.39, 0.29) is 18.4 Å². The normalized spacial score (nSPS) is 12.3. The zero-order chi connectivity index (χ0) is 23.4. The standard InChI is InChI=1S/C28H31N3OS/c1-19(2)16-21-12-14-22(15-13-21)20(3)28-30-25-10-5-6-11-26(25)31(28)18-27(32)29-23-8-7-9-24(17-23)33-4/h5-15,17,19-20H,16,18H2,1-4H3,(H,29,32). The predicted molar refractivity (Wildman–Crippen MR) is 139 cm³/mol. The first kappa shape index (κ1) is 23.1. The highest BCUT2D eigenvalue weighted by Crippen LogP contribution is 2.28. The molecular weight excluding hydrogens is 426 g/mol. The first-order valence-corrected chi connectivity index (χ1v) is 12.6. The Morgan fingerprint density at radius 3 is 2.48 bits per heavy atom. The molecule has 0 aliphatic carbocycles. The maximum Gasteiger partial charge on any atom is 0.244 e. The molecule has 1 unspecified atom stereocenters. The van der Waals surface area contributed by atoms with Crippen LogP contribution in [0.3, 0.4) is 0 Å². The second-order valence-corrected chi connectivity index (χ2v) is 9.77. The fourth-order valence-corrected chi connectivity index (χ4v) is 4.66. The van der Waals surface area contributed by atoms with E-state index in [1.54, 1.807) is 11.8 Å². The van der Waals surface area contributed by atoms with Crippen LogP contribution in [0.25, 0.3) is 11.0 Å². The van der Waals surface area contributed by atoms with Gasteiger partial charge in [-0.2, -0.15) is 0 Å². The van der Waals surface area contributed by atoms with Crippen molar-refractivity contribution in [3.63, 3.8) is 0 Å². The molecule has 4 nitrogen and oxygen atoms in total. The molecule has 0 saturated carbocycles. The van der Waals surface area contributed by atoms with Crippen molar-refractivity contribution in [2.75, 3.05) is 11.6 Å². The third kappa shape index (κ3) is 5.48. The monoisotopic (exact) mass is 457 g/mol. The Hall–Kier alpha value is -3.05. The molecule has 0 saturated heterocycles. The van der Waals surface area contributed by atoms with Crippen molar-refractivity contribution in [1.82, 2.24) is 9.55 Å². The van der Waals surface area contributed by atoms with Crippen molar-refractivity contribution in [2.45, 2.75) is 44.6 Å². The Balaban J connectivity index is 1.62. The fourth-order valence-electron chi connectivity index (χ4n) is 4.20. The van der Waals surface area contributed by atoms with E-state index < -0.39 is 0 Å². The summed E-state index contributed by atoms with van der Waals surface area (Å²) in [4.78, 5) is 19.1. The van der Waals surface area contributed by atoms with Crippen LogP contribution in [0.15, 0.2) is 77.7 Å². The van der Waals surface area contributed by atoms with Crippen molar-refractivity contribution in [1.29, 1.82) is 0 Å². The number of hydrogen-bond donors (Lipinski definition) is 1. The molecule has 0 bridgehead atoms. The minimum absolute atomic E-state index is 0.0582. The van der Waals surface area contributed by atoms with E-state index in [0.717, 1.165) is 33.9 Å². The number of hydrogen-bond acceptors (Lipinski definition) is 3. The average molecular weight is 458 g/mol. The van der Waals surface area contributed by atoms with Gasteiger partial charge in [-0.1, -0.05) is 63.2 Å². The highest BCUT2D eigenvalue weighted by atomic mass is 32.2. The lowest BCUT2D eigenvalue weighted by Crippen LogP contribution is -2.21. The number of para-hydroxylation sites is 2. The van der Waals surface area contributed by atoms with Gasteiger partial charge in [-0.3, -0.25) is 4.79 Å². The number of nitrogens with one attached hydrogen (secondary N) is 1. The maximum atomic E-state index is 13.0. The van der Waals surface area contributed by atoms with Crippen molar-refractivity contribution in [2.24, 2.45) is 5.92 Å². The van der Waals surface area contributed by atoms with E-state index in [9.17, 15) is 4.79 Å². The van der Waals surface area contributed by atoms with Crippen LogP contribution in [0.2, 0.25) is 0 Å². The molecule has 1 atom stereocenters. The van der Waals surface area contributed by atoms with Gasteiger partial charge in [-0.25, -0.2) is 4.98 Å². The summed E-state index contributed by atoms with van der Waals surface area (Å²) in [6.45, 7) is 6.85. The number of thioether (sulfide) groups is 1. The second-order valence-electron chi connectivity index (χ2n) is 8.89. The Morgan fingerprint density at radius 1 is 1.00 bits per heavy atom. The number of carbonyl (C=O) groups is 1. The van der Waals surface area contributed by atoms with Crippen LogP contribution in [0.1, 0.15) is 43.6 Å². The van der Waals surface area contributed by atoms with E-state index in [0.29, 0.717) is 5.92 Å². The maximum absolute atomic E-state index is 13.0. The van der Waals surface area contributed by atoms with Crippen LogP contribution in [0.5, 0.6) is 0 Å². The first-order chi connectivity index (χ1) is 15.9. The summed E-state index contributed by atoms with van der Waals surface area (Å²) < 4.78 is 2.05. The molecule has 0 aliphatic heterocycles. The lowest BCUT2D eigenvalue weighted by molar-refractivity contribution is -0.116. The van der Waals surface area contributed by atoms with Crippen LogP contribution >= 0.6 is 11.8 Å². The molecule has 170 valence electrons. The molecule has 0 radical (unpaired) electrons. The minimum Gasteiger partial charge on any atom is -0.324 e. The van der Waals surface area contributed by atoms with E-state index in [4.69, 9.17) is 4.98 Å². The Morgan fingerprint density at radius 2 is 1.76 bits per heavy atom. The van der Waals surface area contributed by atoms with E-state index in [1.807, 2.05) is 54.8 Å². The van der Waals surface area contributed by atoms with Gasteiger partial charge >= 0.3 is 0 Å². The first-order valence-electron chi connectivity index (χ1n) is 11.4. The number of amides is 1. The number of benzene rings is 3. The van der Waals surface area contributed by atoms with Crippen LogP contribution in [-0.4, -0.2) is 21.7 Å². The molecule has 1 N–H and O–H groups in total. The summed E-state index contributed by atoms with van der Waals surface area (Å²) in [6, 6.07) is 24.8. The number of aromatic nitrogens is 2. The van der Waals surface area contributed by atoms with Gasteiger partial charge in [-0.15, -0.1) is 11.8 Å². The highest BCUT2D eigenvalue weighted by Gasteiger charge is 2.20. The summed E-state index contributed by atoms with van der Waals surface area (Å²) in [7, 11) is 0. The van der Waals surface area contributed by atoms with Crippen molar-refractivity contribution >= 4 is 34.4 Å². The Kier molecular flexibility index (Phi) is 7.19. The zero-order valence-corrected chi connectivity index (χ0v) is 20.5. The summed E-state index contributed by atoms with van der Waals surface area (Å²) >= 11 is 1.66. The van der Waals surface area contributed by atoms with Gasteiger partial charge in [0.1, 0.15) is 12.4 Å². The number of rotatable bonds is 8. The van der Waals surface area contributed by atoms with Gasteiger partial charge in [-0.05, 0) is 60.1 Å². The third-order valence-electron chi connectivity index (χ3n) is 5.85. The predicted octanol–water partition coefficient (Wildman–Crippen LogP) is 6.75. The molecule has 1 aromatic heterocycles. The summed E-state index contributed by atoms with van der Waals surface area (Å²) in [5.74, 6) is 1.55. The second kappa shape index (κ2) is 10.3. The molecule has 1 heterocycles. The number of carbonyl (C=O) groups excluding carboxylic acids is 1. The molecule has 4 rings (SSSR count). The quantitative estimate of drug-likeness (QED) is 0.298. The van der Waals surface area contributed by atoms with Crippen molar-refractivity contribution < 1.29 is 4.79 Å². The van der Waals surface area contributed by atoms with Gasteiger partial charge in [0, 0.05) is 16.5 Å². The highest BCUT2D eigenvalue weighted by molar-refractivity contribution is 7.98. The van der Waals surface area contributed by atoms with E-state index in [2.05, 4.69) is 54.9 Å². The zero-order valence-electron chi connectivity index (χ0n) is 19.7. The summed E-state index contributed by atoms with van der Waals surface area (Å²) in [5.41, 5.74) is 5.25.